The van der Waals surface area contributed by atoms with E-state index in [-0.39, 0.29) is 18.4 Å². The summed E-state index contributed by atoms with van der Waals surface area (Å²) < 4.78 is 36.6. The lowest BCUT2D eigenvalue weighted by Crippen LogP contribution is -2.41. The van der Waals surface area contributed by atoms with Crippen molar-refractivity contribution in [2.45, 2.75) is 12.8 Å². The SMILES string of the molecule is C[C@@H](CNC(=O)CN(c1ccc2c(c1)OCCO2)S(C)(=O)=O)c1ccccc1. The molecule has 2 aromatic carbocycles. The Morgan fingerprint density at radius 3 is 2.46 bits per heavy atom. The number of carbonyl (C=O) groups is 1. The molecule has 1 atom stereocenters. The van der Waals surface area contributed by atoms with Crippen molar-refractivity contribution in [2.24, 2.45) is 0 Å². The molecule has 1 heterocycles. The molecular weight excluding hydrogens is 380 g/mol. The van der Waals surface area contributed by atoms with Crippen molar-refractivity contribution in [2.75, 3.05) is 36.9 Å². The largest absolute Gasteiger partial charge is 0.486 e. The van der Waals surface area contributed by atoms with E-state index < -0.39 is 10.0 Å². The van der Waals surface area contributed by atoms with Crippen LogP contribution in [0.4, 0.5) is 5.69 Å². The summed E-state index contributed by atoms with van der Waals surface area (Å²) >= 11 is 0. The minimum atomic E-state index is -3.65. The maximum Gasteiger partial charge on any atom is 0.240 e. The summed E-state index contributed by atoms with van der Waals surface area (Å²) in [4.78, 5) is 12.4. The fraction of sp³-hybridized carbons (Fsp3) is 0.350. The van der Waals surface area contributed by atoms with Gasteiger partial charge in [0.25, 0.3) is 0 Å². The van der Waals surface area contributed by atoms with Gasteiger partial charge in [0.05, 0.1) is 11.9 Å². The quantitative estimate of drug-likeness (QED) is 0.764. The molecule has 3 rings (SSSR count). The fourth-order valence-corrected chi connectivity index (χ4v) is 3.79. The van der Waals surface area contributed by atoms with Gasteiger partial charge in [-0.05, 0) is 23.6 Å². The predicted octanol–water partition coefficient (Wildman–Crippen LogP) is 2.14. The van der Waals surface area contributed by atoms with Crippen LogP contribution in [0.25, 0.3) is 0 Å². The molecule has 2 aromatic rings. The third-order valence-electron chi connectivity index (χ3n) is 4.48. The first kappa shape index (κ1) is 20.0. The van der Waals surface area contributed by atoms with Gasteiger partial charge in [-0.2, -0.15) is 0 Å². The number of rotatable bonds is 7. The molecule has 1 N–H and O–H groups in total. The maximum atomic E-state index is 12.4. The summed E-state index contributed by atoms with van der Waals surface area (Å²) in [7, 11) is -3.65. The highest BCUT2D eigenvalue weighted by Crippen LogP contribution is 2.34. The topological polar surface area (TPSA) is 84.9 Å². The summed E-state index contributed by atoms with van der Waals surface area (Å²) in [6.45, 7) is 2.96. The Morgan fingerprint density at radius 1 is 1.11 bits per heavy atom. The number of nitrogens with one attached hydrogen (secondary N) is 1. The number of hydrogen-bond donors (Lipinski definition) is 1. The first-order valence-electron chi connectivity index (χ1n) is 9.03. The van der Waals surface area contributed by atoms with Crippen molar-refractivity contribution in [1.29, 1.82) is 0 Å². The van der Waals surface area contributed by atoms with Crippen LogP contribution in [0.2, 0.25) is 0 Å². The number of hydrogen-bond acceptors (Lipinski definition) is 5. The first-order valence-corrected chi connectivity index (χ1v) is 10.9. The molecule has 8 heteroatoms. The molecule has 0 saturated heterocycles. The van der Waals surface area contributed by atoms with Gasteiger partial charge in [-0.25, -0.2) is 8.42 Å². The number of fused-ring (bicyclic) bond motifs is 1. The van der Waals surface area contributed by atoms with Crippen LogP contribution in [0, 0.1) is 0 Å². The lowest BCUT2D eigenvalue weighted by atomic mass is 10.0. The molecule has 7 nitrogen and oxygen atoms in total. The average Bonchev–Trinajstić information content (AvgIpc) is 2.69. The average molecular weight is 404 g/mol. The molecule has 0 saturated carbocycles. The normalized spacial score (nSPS) is 14.2. The van der Waals surface area contributed by atoms with E-state index in [1.807, 2.05) is 37.3 Å². The highest BCUT2D eigenvalue weighted by atomic mass is 32.2. The van der Waals surface area contributed by atoms with Crippen LogP contribution in [0.1, 0.15) is 18.4 Å². The maximum absolute atomic E-state index is 12.4. The zero-order valence-corrected chi connectivity index (χ0v) is 16.7. The van der Waals surface area contributed by atoms with E-state index in [0.29, 0.717) is 36.9 Å². The number of carbonyl (C=O) groups excluding carboxylic acids is 1. The predicted molar refractivity (Wildman–Crippen MR) is 107 cm³/mol. The summed E-state index contributed by atoms with van der Waals surface area (Å²) in [5.74, 6) is 0.773. The second kappa shape index (κ2) is 8.52. The van der Waals surface area contributed by atoms with Gasteiger partial charge in [0.15, 0.2) is 11.5 Å². The van der Waals surface area contributed by atoms with Crippen molar-refractivity contribution in [1.82, 2.24) is 5.32 Å². The number of benzene rings is 2. The van der Waals surface area contributed by atoms with Gasteiger partial charge in [-0.3, -0.25) is 9.10 Å². The van der Waals surface area contributed by atoms with Crippen molar-refractivity contribution >= 4 is 21.6 Å². The number of amides is 1. The zero-order chi connectivity index (χ0) is 20.1. The Kier molecular flexibility index (Phi) is 6.08. The van der Waals surface area contributed by atoms with E-state index in [0.717, 1.165) is 16.1 Å². The van der Waals surface area contributed by atoms with Gasteiger partial charge >= 0.3 is 0 Å². The highest BCUT2D eigenvalue weighted by molar-refractivity contribution is 7.92. The Bertz CT molecular complexity index is 931. The van der Waals surface area contributed by atoms with E-state index in [9.17, 15) is 13.2 Å². The molecule has 0 spiro atoms. The molecular formula is C20H24N2O5S. The van der Waals surface area contributed by atoms with Crippen LogP contribution in [-0.2, 0) is 14.8 Å². The van der Waals surface area contributed by atoms with Crippen molar-refractivity contribution in [3.63, 3.8) is 0 Å². The third kappa shape index (κ3) is 4.95. The van der Waals surface area contributed by atoms with Crippen LogP contribution in [-0.4, -0.2) is 46.9 Å². The second-order valence-corrected chi connectivity index (χ2v) is 8.62. The van der Waals surface area contributed by atoms with Gasteiger partial charge in [-0.15, -0.1) is 0 Å². The molecule has 28 heavy (non-hydrogen) atoms. The Morgan fingerprint density at radius 2 is 1.79 bits per heavy atom. The molecule has 1 aliphatic rings. The summed E-state index contributed by atoms with van der Waals surface area (Å²) in [6, 6.07) is 14.7. The monoisotopic (exact) mass is 404 g/mol. The molecule has 0 fully saturated rings. The van der Waals surface area contributed by atoms with Crippen molar-refractivity contribution in [3.05, 3.63) is 54.1 Å². The molecule has 0 radical (unpaired) electrons. The lowest BCUT2D eigenvalue weighted by molar-refractivity contribution is -0.119. The Labute approximate surface area is 165 Å². The number of sulfonamides is 1. The standard InChI is InChI=1S/C20H24N2O5S/c1-15(16-6-4-3-5-7-16)13-21-20(23)14-22(28(2,24)25)17-8-9-18-19(12-17)27-11-10-26-18/h3-9,12,15H,10-11,13-14H2,1-2H3,(H,21,23)/t15-/m0/s1. The van der Waals surface area contributed by atoms with Gasteiger partial charge in [0.2, 0.25) is 15.9 Å². The smallest absolute Gasteiger partial charge is 0.240 e. The lowest BCUT2D eigenvalue weighted by Gasteiger charge is -2.25. The molecule has 1 amide bonds. The summed E-state index contributed by atoms with van der Waals surface area (Å²) in [5, 5.41) is 2.81. The van der Waals surface area contributed by atoms with Crippen LogP contribution in [0.5, 0.6) is 11.5 Å². The minimum absolute atomic E-state index is 0.117. The molecule has 0 unspecified atom stereocenters. The first-order chi connectivity index (χ1) is 13.3. The van der Waals surface area contributed by atoms with E-state index in [4.69, 9.17) is 9.47 Å². The van der Waals surface area contributed by atoms with Gasteiger partial charge in [0.1, 0.15) is 19.8 Å². The summed E-state index contributed by atoms with van der Waals surface area (Å²) in [5.41, 5.74) is 1.47. The third-order valence-corrected chi connectivity index (χ3v) is 5.62. The summed E-state index contributed by atoms with van der Waals surface area (Å²) in [6.07, 6.45) is 1.07. The minimum Gasteiger partial charge on any atom is -0.486 e. The van der Waals surface area contributed by atoms with E-state index >= 15 is 0 Å². The van der Waals surface area contributed by atoms with E-state index in [1.165, 1.54) is 0 Å². The van der Waals surface area contributed by atoms with Crippen molar-refractivity contribution in [3.8, 4) is 11.5 Å². The van der Waals surface area contributed by atoms with Crippen molar-refractivity contribution < 1.29 is 22.7 Å². The van der Waals surface area contributed by atoms with E-state index in [1.54, 1.807) is 18.2 Å². The Hall–Kier alpha value is -2.74. The van der Waals surface area contributed by atoms with Gasteiger partial charge in [0, 0.05) is 12.6 Å². The van der Waals surface area contributed by atoms with Gasteiger partial charge < -0.3 is 14.8 Å². The fourth-order valence-electron chi connectivity index (χ4n) is 2.94. The van der Waals surface area contributed by atoms with Gasteiger partial charge in [-0.1, -0.05) is 37.3 Å². The molecule has 150 valence electrons. The van der Waals surface area contributed by atoms with Crippen LogP contribution < -0.4 is 19.1 Å². The van der Waals surface area contributed by atoms with Crippen LogP contribution in [0.3, 0.4) is 0 Å². The molecule has 1 aliphatic heterocycles. The molecule has 0 aliphatic carbocycles. The number of nitrogens with zero attached hydrogens (tertiary/aromatic N) is 1. The Balaban J connectivity index is 1.68. The molecule has 0 bridgehead atoms. The van der Waals surface area contributed by atoms with E-state index in [2.05, 4.69) is 5.32 Å². The second-order valence-electron chi connectivity index (χ2n) is 6.71. The van der Waals surface area contributed by atoms with Crippen LogP contribution >= 0.6 is 0 Å². The number of anilines is 1. The molecule has 0 aromatic heterocycles. The highest BCUT2D eigenvalue weighted by Gasteiger charge is 2.23. The zero-order valence-electron chi connectivity index (χ0n) is 15.9. The number of ether oxygens (including phenoxy) is 2. The van der Waals surface area contributed by atoms with Crippen LogP contribution in [0.15, 0.2) is 48.5 Å².